The molecule has 2 aromatic carbocycles. The molecule has 10 rings (SSSR count). The van der Waals surface area contributed by atoms with Crippen molar-refractivity contribution in [2.75, 3.05) is 49.1 Å². The predicted octanol–water partition coefficient (Wildman–Crippen LogP) is 10.1. The van der Waals surface area contributed by atoms with Gasteiger partial charge in [-0.2, -0.15) is 15.5 Å². The van der Waals surface area contributed by atoms with Crippen molar-refractivity contribution >= 4 is 89.9 Å². The van der Waals surface area contributed by atoms with Gasteiger partial charge in [0.1, 0.15) is 33.4 Å². The van der Waals surface area contributed by atoms with Gasteiger partial charge in [-0.1, -0.05) is 46.4 Å². The van der Waals surface area contributed by atoms with E-state index in [-0.39, 0.29) is 17.7 Å². The van der Waals surface area contributed by atoms with E-state index in [0.29, 0.717) is 125 Å². The summed E-state index contributed by atoms with van der Waals surface area (Å²) >= 11 is 26.0. The van der Waals surface area contributed by atoms with Crippen LogP contribution in [-0.2, 0) is 9.84 Å². The molecule has 382 valence electrons. The molecule has 2 aliphatic rings. The molecule has 2 aliphatic heterocycles. The van der Waals surface area contributed by atoms with Gasteiger partial charge >= 0.3 is 0 Å². The number of nitrogens with one attached hydrogen (secondary N) is 1. The van der Waals surface area contributed by atoms with Crippen molar-refractivity contribution in [1.29, 1.82) is 5.26 Å². The predicted molar refractivity (Wildman–Crippen MR) is 283 cm³/mol. The maximum absolute atomic E-state index is 12.0. The fourth-order valence-corrected chi connectivity index (χ4v) is 12.3. The lowest BCUT2D eigenvalue weighted by Crippen LogP contribution is -2.57. The van der Waals surface area contributed by atoms with E-state index in [2.05, 4.69) is 26.2 Å². The normalized spacial score (nSPS) is 18.0. The van der Waals surface area contributed by atoms with Crippen LogP contribution in [0, 0.1) is 17.2 Å². The Morgan fingerprint density at radius 3 is 1.80 bits per heavy atom. The number of aromatic amines is 1. The highest BCUT2D eigenvalue weighted by Crippen LogP contribution is 2.44. The molecule has 0 saturated carbocycles. The molecule has 0 amide bonds. The molecule has 2 fully saturated rings. The first-order chi connectivity index (χ1) is 35.5. The van der Waals surface area contributed by atoms with Gasteiger partial charge in [-0.15, -0.1) is 0 Å². The number of ether oxygens (including phenoxy) is 4. The number of nitrogens with zero attached hydrogens (tertiary/aromatic N) is 12. The average Bonchev–Trinajstić information content (AvgIpc) is 4.12. The minimum Gasteiger partial charge on any atom is -0.493 e. The van der Waals surface area contributed by atoms with E-state index >= 15 is 0 Å². The lowest BCUT2D eigenvalue weighted by molar-refractivity contribution is 0.216. The summed E-state index contributed by atoms with van der Waals surface area (Å²) in [5, 5.41) is 26.8. The van der Waals surface area contributed by atoms with Gasteiger partial charge in [-0.05, 0) is 45.7 Å². The first-order valence-electron chi connectivity index (χ1n) is 23.4. The Morgan fingerprint density at radius 2 is 1.27 bits per heavy atom. The van der Waals surface area contributed by atoms with Gasteiger partial charge in [0.05, 0.1) is 63.2 Å². The minimum absolute atomic E-state index is 0.0342. The molecule has 19 nitrogen and oxygen atoms in total. The molecule has 0 bridgehead atoms. The number of anilines is 2. The van der Waals surface area contributed by atoms with Gasteiger partial charge in [-0.25, -0.2) is 33.0 Å². The summed E-state index contributed by atoms with van der Waals surface area (Å²) in [5.41, 5.74) is 4.70. The number of benzene rings is 2. The third-order valence-electron chi connectivity index (χ3n) is 13.6. The van der Waals surface area contributed by atoms with Crippen LogP contribution in [0.25, 0.3) is 44.3 Å². The number of hydrogen-bond acceptors (Lipinski definition) is 17. The number of nitriles is 1. The molecule has 6 aromatic heterocycles. The van der Waals surface area contributed by atoms with Crippen molar-refractivity contribution in [2.24, 2.45) is 5.92 Å². The van der Waals surface area contributed by atoms with Gasteiger partial charge in [0.25, 0.3) is 0 Å². The number of fused-ring (bicyclic) bond motifs is 2. The van der Waals surface area contributed by atoms with Crippen molar-refractivity contribution in [1.82, 2.24) is 49.9 Å². The minimum atomic E-state index is -3.15. The molecule has 74 heavy (non-hydrogen) atoms. The van der Waals surface area contributed by atoms with Crippen LogP contribution in [0.2, 0.25) is 20.1 Å². The molecule has 1 unspecified atom stereocenters. The fraction of sp³-hybridized carbons (Fsp3) is 0.340. The van der Waals surface area contributed by atoms with Crippen LogP contribution in [0.5, 0.6) is 23.0 Å². The number of H-pyrrole nitrogens is 1. The quantitative estimate of drug-likeness (QED) is 0.0949. The third-order valence-corrected chi connectivity index (χ3v) is 15.8. The van der Waals surface area contributed by atoms with Crippen LogP contribution < -0.4 is 28.7 Å². The Kier molecular flexibility index (Phi) is 14.1. The summed E-state index contributed by atoms with van der Waals surface area (Å²) in [4.78, 5) is 31.3. The van der Waals surface area contributed by atoms with Crippen molar-refractivity contribution in [2.45, 2.75) is 63.9 Å². The molecule has 2 saturated heterocycles. The molecule has 8 heterocycles. The zero-order chi connectivity index (χ0) is 52.2. The molecule has 0 spiro atoms. The number of sulfone groups is 1. The smallest absolute Gasteiger partial charge is 0.225 e. The number of rotatable bonds is 16. The fourth-order valence-electron chi connectivity index (χ4n) is 9.82. The standard InChI is InChI=1S/C50H47Cl4N13O6S/c1-25-30(24-74(6,68)69)23-66(25)50-60-17-29(18-61-50)48-32-11-44(73-27(3)46-35(53)21-57-22-36(46)54)42(71-5)13-39(32)67(64-48)40(14-55)38-8-7-9-65(38)49-58-15-28(16-59-49)47-31-10-43(41(70-4)12-37(31)62-63-47)72-26(2)45-33(51)19-56-20-34(45)52/h10-13,15-22,25-27,30,38,40H,7-9,23-24H2,1-6H3,(H,62,63)/t25-,26-,27-,30-,38-,40?/m1/s1. The van der Waals surface area contributed by atoms with Gasteiger partial charge in [-0.3, -0.25) is 15.1 Å². The van der Waals surface area contributed by atoms with Crippen LogP contribution in [-0.4, -0.2) is 110 Å². The van der Waals surface area contributed by atoms with Crippen molar-refractivity contribution < 1.29 is 27.4 Å². The maximum atomic E-state index is 12.0. The van der Waals surface area contributed by atoms with Gasteiger partial charge in [0, 0.05) is 126 Å². The third kappa shape index (κ3) is 9.63. The molecular weight excluding hydrogens is 1050 g/mol. The largest absolute Gasteiger partial charge is 0.493 e. The summed E-state index contributed by atoms with van der Waals surface area (Å²) in [6.45, 7) is 6.71. The van der Waals surface area contributed by atoms with E-state index in [1.54, 1.807) is 48.7 Å². The SMILES string of the molecule is COc1cc2[nH]nc(-c3cnc(N4CCC[C@@H]4C(C#N)n4nc(-c5cnc(N6C[C@H](CS(C)(=O)=O)[C@H]6C)nc5)c5cc(O[C@H](C)c6c(Cl)cncc6Cl)c(OC)cc54)nc3)c2cc1O[C@H](C)c1c(Cl)cncc1Cl. The number of hydrogen-bond donors (Lipinski definition) is 1. The summed E-state index contributed by atoms with van der Waals surface area (Å²) in [5.74, 6) is 2.60. The second kappa shape index (κ2) is 20.5. The lowest BCUT2D eigenvalue weighted by Gasteiger charge is -2.46. The van der Waals surface area contributed by atoms with Crippen LogP contribution in [0.3, 0.4) is 0 Å². The van der Waals surface area contributed by atoms with E-state index in [0.717, 1.165) is 11.8 Å². The van der Waals surface area contributed by atoms with Gasteiger partial charge in [0.15, 0.2) is 29.0 Å². The maximum Gasteiger partial charge on any atom is 0.225 e. The monoisotopic (exact) mass is 1100 g/mol. The molecule has 0 radical (unpaired) electrons. The summed E-state index contributed by atoms with van der Waals surface area (Å²) < 4.78 is 50.4. The highest BCUT2D eigenvalue weighted by Gasteiger charge is 2.40. The Hall–Kier alpha value is -6.76. The van der Waals surface area contributed by atoms with E-state index < -0.39 is 34.1 Å². The Morgan fingerprint density at radius 1 is 0.743 bits per heavy atom. The molecule has 0 aliphatic carbocycles. The van der Waals surface area contributed by atoms with Crippen LogP contribution in [0.15, 0.2) is 73.8 Å². The van der Waals surface area contributed by atoms with Crippen LogP contribution >= 0.6 is 46.4 Å². The molecular formula is C50H47Cl4N13O6S. The number of methoxy groups -OCH3 is 2. The lowest BCUT2D eigenvalue weighted by atomic mass is 9.92. The van der Waals surface area contributed by atoms with Crippen molar-refractivity contribution in [3.05, 3.63) is 105 Å². The second-order valence-electron chi connectivity index (χ2n) is 18.3. The molecule has 24 heteroatoms. The van der Waals surface area contributed by atoms with Gasteiger partial charge in [0.2, 0.25) is 11.9 Å². The molecule has 6 atom stereocenters. The number of halogens is 4. The average molecular weight is 1100 g/mol. The molecule has 1 N–H and O–H groups in total. The zero-order valence-corrected chi connectivity index (χ0v) is 44.5. The van der Waals surface area contributed by atoms with E-state index in [1.807, 2.05) is 42.7 Å². The van der Waals surface area contributed by atoms with Gasteiger partial charge < -0.3 is 28.7 Å². The van der Waals surface area contributed by atoms with Crippen molar-refractivity contribution in [3.63, 3.8) is 0 Å². The Labute approximate surface area is 445 Å². The number of pyridine rings is 2. The highest BCUT2D eigenvalue weighted by molar-refractivity contribution is 7.90. The van der Waals surface area contributed by atoms with Crippen LogP contribution in [0.1, 0.15) is 63.0 Å². The highest BCUT2D eigenvalue weighted by atomic mass is 35.5. The van der Waals surface area contributed by atoms with Crippen molar-refractivity contribution in [3.8, 4) is 51.6 Å². The second-order valence-corrected chi connectivity index (χ2v) is 22.1. The summed E-state index contributed by atoms with van der Waals surface area (Å²) in [6, 6.07) is 8.47. The summed E-state index contributed by atoms with van der Waals surface area (Å²) in [6.07, 6.45) is 14.3. The topological polar surface area (TPSA) is 225 Å². The van der Waals surface area contributed by atoms with E-state index in [4.69, 9.17) is 90.4 Å². The first-order valence-corrected chi connectivity index (χ1v) is 27.0. The summed E-state index contributed by atoms with van der Waals surface area (Å²) in [7, 11) is -0.0631. The number of aromatic nitrogens is 10. The van der Waals surface area contributed by atoms with E-state index in [1.165, 1.54) is 38.2 Å². The first kappa shape index (κ1) is 50.8. The van der Waals surface area contributed by atoms with Crippen LogP contribution in [0.4, 0.5) is 11.9 Å². The Bertz CT molecular complexity index is 3540. The molecule has 8 aromatic rings. The zero-order valence-electron chi connectivity index (χ0n) is 40.7. The Balaban J connectivity index is 0.976. The van der Waals surface area contributed by atoms with E-state index in [9.17, 15) is 13.7 Å².